The number of esters is 1. The average molecular weight is 406 g/mol. The van der Waals surface area contributed by atoms with Crippen molar-refractivity contribution in [2.75, 3.05) is 6.61 Å². The summed E-state index contributed by atoms with van der Waals surface area (Å²) < 4.78 is 24.1. The zero-order chi connectivity index (χ0) is 20.6. The van der Waals surface area contributed by atoms with Crippen LogP contribution in [-0.4, -0.2) is 80.3 Å². The summed E-state index contributed by atoms with van der Waals surface area (Å²) in [7, 11) is 0. The third-order valence-electron chi connectivity index (χ3n) is 9.78. The van der Waals surface area contributed by atoms with E-state index in [-0.39, 0.29) is 43.1 Å². The Morgan fingerprint density at radius 2 is 1.76 bits per heavy atom. The Hall–Kier alpha value is -1.03. The van der Waals surface area contributed by atoms with E-state index >= 15 is 0 Å². The number of carbonyl (C=O) groups is 1. The normalized spacial score (nSPS) is 65.6. The lowest BCUT2D eigenvalue weighted by molar-refractivity contribution is -0.199. The molecule has 0 aromatic heterocycles. The molecule has 0 bridgehead atoms. The van der Waals surface area contributed by atoms with Crippen molar-refractivity contribution in [1.29, 1.82) is 0 Å². The number of aliphatic hydroxyl groups excluding tert-OH is 1. The zero-order valence-corrected chi connectivity index (χ0v) is 16.9. The van der Waals surface area contributed by atoms with Crippen LogP contribution in [-0.2, 0) is 23.7 Å². The van der Waals surface area contributed by atoms with Gasteiger partial charge in [-0.05, 0) is 19.3 Å². The van der Waals surface area contributed by atoms with E-state index in [1.165, 1.54) is 0 Å². The highest BCUT2D eigenvalue weighted by Gasteiger charge is 3.04. The second kappa shape index (κ2) is 4.18. The predicted molar refractivity (Wildman–Crippen MR) is 94.6 cm³/mol. The summed E-state index contributed by atoms with van der Waals surface area (Å²) in [6.45, 7) is 7.68. The van der Waals surface area contributed by atoms with Gasteiger partial charge in [0.1, 0.15) is 41.2 Å². The van der Waals surface area contributed by atoms with E-state index in [4.69, 9.17) is 18.9 Å². The highest BCUT2D eigenvalue weighted by Crippen LogP contribution is 2.85. The van der Waals surface area contributed by atoms with Crippen LogP contribution in [0.15, 0.2) is 11.1 Å². The van der Waals surface area contributed by atoms with E-state index < -0.39 is 51.6 Å². The summed E-state index contributed by atoms with van der Waals surface area (Å²) in [6.07, 6.45) is -1.76. The van der Waals surface area contributed by atoms with E-state index in [1.54, 1.807) is 6.92 Å². The average Bonchev–Trinajstić information content (AvgIpc) is 3.50. The number of epoxide rings is 3. The Balaban J connectivity index is 1.45. The molecule has 10 atom stereocenters. The van der Waals surface area contributed by atoms with Crippen LogP contribution in [0, 0.1) is 11.3 Å². The molecule has 2 spiro atoms. The highest BCUT2D eigenvalue weighted by molar-refractivity contribution is 5.94. The van der Waals surface area contributed by atoms with E-state index in [1.807, 2.05) is 20.8 Å². The Morgan fingerprint density at radius 3 is 2.45 bits per heavy atom. The fourth-order valence-electron chi connectivity index (χ4n) is 8.42. The quantitative estimate of drug-likeness (QED) is 0.396. The third kappa shape index (κ3) is 1.29. The van der Waals surface area contributed by atoms with E-state index in [2.05, 4.69) is 0 Å². The topological polar surface area (TPSA) is 125 Å². The Kier molecular flexibility index (Phi) is 2.54. The monoisotopic (exact) mass is 406 g/mol. The summed E-state index contributed by atoms with van der Waals surface area (Å²) >= 11 is 0. The summed E-state index contributed by atoms with van der Waals surface area (Å²) in [4.78, 5) is 12.2. The molecule has 5 fully saturated rings. The molecule has 158 valence electrons. The van der Waals surface area contributed by atoms with E-state index in [9.17, 15) is 20.1 Å². The van der Waals surface area contributed by atoms with Crippen molar-refractivity contribution in [3.63, 3.8) is 0 Å². The van der Waals surface area contributed by atoms with Gasteiger partial charge in [0.25, 0.3) is 0 Å². The molecule has 3 N–H and O–H groups in total. The predicted octanol–water partition coefficient (Wildman–Crippen LogP) is -0.421. The summed E-state index contributed by atoms with van der Waals surface area (Å²) in [6, 6.07) is 0. The maximum Gasteiger partial charge on any atom is 0.337 e. The lowest BCUT2D eigenvalue weighted by atomic mass is 9.42. The Morgan fingerprint density at radius 1 is 1.03 bits per heavy atom. The van der Waals surface area contributed by atoms with Gasteiger partial charge in [-0.25, -0.2) is 4.79 Å². The van der Waals surface area contributed by atoms with Crippen molar-refractivity contribution in [2.45, 2.75) is 93.0 Å². The molecular formula is C21H26O8. The van der Waals surface area contributed by atoms with Crippen molar-refractivity contribution in [3.05, 3.63) is 11.1 Å². The van der Waals surface area contributed by atoms with Crippen LogP contribution < -0.4 is 0 Å². The summed E-state index contributed by atoms with van der Waals surface area (Å²) in [5.41, 5.74) is -5.85. The van der Waals surface area contributed by atoms with Gasteiger partial charge in [-0.2, -0.15) is 0 Å². The minimum Gasteiger partial charge on any atom is -0.458 e. The Labute approximate surface area is 167 Å². The van der Waals surface area contributed by atoms with Gasteiger partial charge >= 0.3 is 5.97 Å². The maximum atomic E-state index is 12.2. The van der Waals surface area contributed by atoms with Crippen LogP contribution >= 0.6 is 0 Å². The lowest BCUT2D eigenvalue weighted by Gasteiger charge is -2.60. The molecule has 3 saturated heterocycles. The SMILES string of the molecule is CC(C)[C@]12O[C@H]1[C@@H]1O[C@@]13[C@@]1(C)C[C@@H](O)C4=C(COC4=O)[C@]1(O)C[C@@H]1O[C@@]13[C@]2(C)O. The first-order valence-electron chi connectivity index (χ1n) is 10.5. The van der Waals surface area contributed by atoms with E-state index in [0.29, 0.717) is 5.57 Å². The molecule has 7 rings (SSSR count). The first-order chi connectivity index (χ1) is 13.5. The second-order valence-corrected chi connectivity index (χ2v) is 10.8. The number of aliphatic hydroxyl groups is 3. The van der Waals surface area contributed by atoms with Gasteiger partial charge in [-0.1, -0.05) is 20.8 Å². The lowest BCUT2D eigenvalue weighted by Crippen LogP contribution is -2.78. The van der Waals surface area contributed by atoms with Crippen LogP contribution in [0.2, 0.25) is 0 Å². The van der Waals surface area contributed by atoms with Crippen LogP contribution in [0.25, 0.3) is 0 Å². The molecule has 8 heteroatoms. The first-order valence-corrected chi connectivity index (χ1v) is 10.5. The molecule has 0 amide bonds. The number of ether oxygens (including phenoxy) is 4. The van der Waals surface area contributed by atoms with Gasteiger partial charge in [0.2, 0.25) is 0 Å². The first kappa shape index (κ1) is 17.6. The van der Waals surface area contributed by atoms with Crippen LogP contribution in [0.4, 0.5) is 0 Å². The maximum absolute atomic E-state index is 12.2. The molecule has 0 aromatic carbocycles. The minimum atomic E-state index is -1.42. The molecule has 8 nitrogen and oxygen atoms in total. The number of hydrogen-bond donors (Lipinski definition) is 3. The Bertz CT molecular complexity index is 941. The molecule has 29 heavy (non-hydrogen) atoms. The van der Waals surface area contributed by atoms with Gasteiger partial charge in [-0.3, -0.25) is 0 Å². The molecule has 0 aromatic rings. The highest BCUT2D eigenvalue weighted by atomic mass is 16.8. The van der Waals surface area contributed by atoms with Gasteiger partial charge in [0.05, 0.1) is 17.8 Å². The van der Waals surface area contributed by atoms with Crippen molar-refractivity contribution < 1.29 is 39.1 Å². The summed E-state index contributed by atoms with van der Waals surface area (Å²) in [5, 5.41) is 34.8. The largest absolute Gasteiger partial charge is 0.458 e. The van der Waals surface area contributed by atoms with Crippen LogP contribution in [0.3, 0.4) is 0 Å². The van der Waals surface area contributed by atoms with E-state index in [0.717, 1.165) is 0 Å². The van der Waals surface area contributed by atoms with Gasteiger partial charge in [0, 0.05) is 17.4 Å². The van der Waals surface area contributed by atoms with Gasteiger partial charge in [-0.15, -0.1) is 0 Å². The number of cyclic esters (lactones) is 1. The van der Waals surface area contributed by atoms with Crippen molar-refractivity contribution in [3.8, 4) is 0 Å². The third-order valence-corrected chi connectivity index (χ3v) is 9.78. The number of carbonyl (C=O) groups excluding carboxylic acids is 1. The number of rotatable bonds is 1. The summed E-state index contributed by atoms with van der Waals surface area (Å²) in [5.74, 6) is -0.507. The number of hydrogen-bond acceptors (Lipinski definition) is 8. The van der Waals surface area contributed by atoms with Crippen molar-refractivity contribution >= 4 is 5.97 Å². The molecule has 0 unspecified atom stereocenters. The fraction of sp³-hybridized carbons (Fsp3) is 0.857. The van der Waals surface area contributed by atoms with Gasteiger partial charge < -0.3 is 34.3 Å². The zero-order valence-electron chi connectivity index (χ0n) is 16.9. The molecule has 3 aliphatic carbocycles. The van der Waals surface area contributed by atoms with Crippen LogP contribution in [0.5, 0.6) is 0 Å². The standard InChI is InChI=1S/C21H26O8/c1-8(2)19-13(28-19)14-21(29-14)16(3)5-10(22)12-9(7-26-15(12)23)18(16,25)6-11-20(21,27-11)17(19,4)24/h8,10-11,13-14,22,24-25H,5-7H2,1-4H3/t10-,11+,13+,14+,16+,17-,18-,19+,20-,21-/m1/s1. The molecule has 4 heterocycles. The second-order valence-electron chi connectivity index (χ2n) is 10.8. The smallest absolute Gasteiger partial charge is 0.337 e. The molecular weight excluding hydrogens is 380 g/mol. The van der Waals surface area contributed by atoms with Crippen LogP contribution in [0.1, 0.15) is 40.5 Å². The minimum absolute atomic E-state index is 0.0377. The van der Waals surface area contributed by atoms with Crippen molar-refractivity contribution in [2.24, 2.45) is 11.3 Å². The fourth-order valence-corrected chi connectivity index (χ4v) is 8.42. The molecule has 0 radical (unpaired) electrons. The van der Waals surface area contributed by atoms with Gasteiger partial charge in [0.15, 0.2) is 5.60 Å². The van der Waals surface area contributed by atoms with Crippen molar-refractivity contribution in [1.82, 2.24) is 0 Å². The molecule has 4 aliphatic heterocycles. The number of fused-ring (bicyclic) bond motifs is 4. The molecule has 2 saturated carbocycles. The molecule has 7 aliphatic rings.